The fourth-order valence-electron chi connectivity index (χ4n) is 2.57. The number of nitrogens with zero attached hydrogens (tertiary/aromatic N) is 2. The summed E-state index contributed by atoms with van der Waals surface area (Å²) in [5.74, 6) is -0.372. The molecule has 7 heteroatoms. The number of hydrogen-bond acceptors (Lipinski definition) is 4. The van der Waals surface area contributed by atoms with Gasteiger partial charge in [-0.05, 0) is 60.1 Å². The molecule has 0 radical (unpaired) electrons. The molecule has 1 heterocycles. The van der Waals surface area contributed by atoms with Crippen LogP contribution in [0.2, 0.25) is 0 Å². The SMILES string of the molecule is CC(C)c1ccc(N=Cc2c(O)n(-c3ccc(F)cc3)c(=S)[nH]c2=O)cc1. The van der Waals surface area contributed by atoms with Crippen LogP contribution in [-0.4, -0.2) is 20.9 Å². The average Bonchev–Trinajstić information content (AvgIpc) is 2.63. The Kier molecular flexibility index (Phi) is 5.32. The van der Waals surface area contributed by atoms with Crippen LogP contribution in [0.3, 0.4) is 0 Å². The summed E-state index contributed by atoms with van der Waals surface area (Å²) < 4.78 is 14.4. The van der Waals surface area contributed by atoms with Crippen LogP contribution in [0, 0.1) is 10.6 Å². The summed E-state index contributed by atoms with van der Waals surface area (Å²) in [6, 6.07) is 13.0. The normalized spacial score (nSPS) is 11.4. The van der Waals surface area contributed by atoms with Gasteiger partial charge in [-0.25, -0.2) is 4.39 Å². The topological polar surface area (TPSA) is 70.4 Å². The molecule has 0 saturated heterocycles. The number of aliphatic imine (C=N–C) groups is 1. The van der Waals surface area contributed by atoms with Crippen molar-refractivity contribution in [1.82, 2.24) is 9.55 Å². The first-order valence-corrected chi connectivity index (χ1v) is 8.76. The van der Waals surface area contributed by atoms with Crippen molar-refractivity contribution in [3.8, 4) is 11.6 Å². The minimum Gasteiger partial charge on any atom is -0.494 e. The number of hydrogen-bond donors (Lipinski definition) is 2. The third-order valence-corrected chi connectivity index (χ3v) is 4.39. The second-order valence-electron chi connectivity index (χ2n) is 6.31. The van der Waals surface area contributed by atoms with Crippen LogP contribution in [0.15, 0.2) is 58.3 Å². The van der Waals surface area contributed by atoms with Crippen LogP contribution in [0.4, 0.5) is 10.1 Å². The van der Waals surface area contributed by atoms with E-state index in [-0.39, 0.29) is 16.2 Å². The summed E-state index contributed by atoms with van der Waals surface area (Å²) in [6.45, 7) is 4.20. The first kappa shape index (κ1) is 18.7. The molecule has 0 saturated carbocycles. The van der Waals surface area contributed by atoms with Gasteiger partial charge in [0, 0.05) is 6.21 Å². The highest BCUT2D eigenvalue weighted by Crippen LogP contribution is 2.21. The van der Waals surface area contributed by atoms with Crippen LogP contribution in [0.25, 0.3) is 5.69 Å². The van der Waals surface area contributed by atoms with Gasteiger partial charge in [-0.1, -0.05) is 26.0 Å². The third-order valence-electron chi connectivity index (χ3n) is 4.11. The molecule has 0 aliphatic rings. The van der Waals surface area contributed by atoms with Gasteiger partial charge in [0.25, 0.3) is 5.56 Å². The Hall–Kier alpha value is -3.06. The molecular weight excluding hydrogens is 365 g/mol. The van der Waals surface area contributed by atoms with Crippen molar-refractivity contribution < 1.29 is 9.50 Å². The number of aromatic nitrogens is 2. The Labute approximate surface area is 160 Å². The van der Waals surface area contributed by atoms with Crippen molar-refractivity contribution in [2.45, 2.75) is 19.8 Å². The summed E-state index contributed by atoms with van der Waals surface area (Å²) in [5.41, 5.74) is 1.65. The minimum absolute atomic E-state index is 0.00236. The molecule has 138 valence electrons. The van der Waals surface area contributed by atoms with Gasteiger partial charge in [0.05, 0.1) is 11.4 Å². The quantitative estimate of drug-likeness (QED) is 0.510. The maximum absolute atomic E-state index is 13.2. The van der Waals surface area contributed by atoms with Crippen LogP contribution in [0.5, 0.6) is 5.88 Å². The van der Waals surface area contributed by atoms with Crippen molar-refractivity contribution in [1.29, 1.82) is 0 Å². The lowest BCUT2D eigenvalue weighted by molar-refractivity contribution is 0.432. The van der Waals surface area contributed by atoms with E-state index in [1.54, 1.807) is 0 Å². The van der Waals surface area contributed by atoms with E-state index >= 15 is 0 Å². The average molecular weight is 383 g/mol. The number of nitrogens with one attached hydrogen (secondary N) is 1. The van der Waals surface area contributed by atoms with E-state index in [0.717, 1.165) is 0 Å². The first-order valence-electron chi connectivity index (χ1n) is 8.35. The molecule has 5 nitrogen and oxygen atoms in total. The molecule has 27 heavy (non-hydrogen) atoms. The Morgan fingerprint density at radius 3 is 2.37 bits per heavy atom. The molecule has 0 bridgehead atoms. The highest BCUT2D eigenvalue weighted by molar-refractivity contribution is 7.71. The fraction of sp³-hybridized carbons (Fsp3) is 0.150. The predicted octanol–water partition coefficient (Wildman–Crippen LogP) is 4.61. The summed E-state index contributed by atoms with van der Waals surface area (Å²) >= 11 is 5.13. The summed E-state index contributed by atoms with van der Waals surface area (Å²) in [4.78, 5) is 19.0. The van der Waals surface area contributed by atoms with Gasteiger partial charge in [0.1, 0.15) is 11.4 Å². The van der Waals surface area contributed by atoms with E-state index < -0.39 is 11.4 Å². The van der Waals surface area contributed by atoms with Gasteiger partial charge < -0.3 is 5.11 Å². The Bertz CT molecular complexity index is 1100. The van der Waals surface area contributed by atoms with Crippen molar-refractivity contribution in [3.63, 3.8) is 0 Å². The van der Waals surface area contributed by atoms with E-state index in [1.807, 2.05) is 24.3 Å². The molecule has 2 aromatic carbocycles. The number of H-pyrrole nitrogens is 1. The van der Waals surface area contributed by atoms with E-state index in [4.69, 9.17) is 12.2 Å². The van der Waals surface area contributed by atoms with Crippen molar-refractivity contribution >= 4 is 24.1 Å². The summed E-state index contributed by atoms with van der Waals surface area (Å²) in [7, 11) is 0. The standard InChI is InChI=1S/C20H18FN3O2S/c1-12(2)13-3-7-15(8-4-13)22-11-17-18(25)23-20(27)24(19(17)26)16-9-5-14(21)6-10-16/h3-12,26H,1-2H3,(H,23,25,27). The monoisotopic (exact) mass is 383 g/mol. The largest absolute Gasteiger partial charge is 0.494 e. The van der Waals surface area contributed by atoms with Crippen molar-refractivity contribution in [2.24, 2.45) is 4.99 Å². The van der Waals surface area contributed by atoms with Crippen LogP contribution < -0.4 is 5.56 Å². The highest BCUT2D eigenvalue weighted by atomic mass is 32.1. The molecule has 0 aliphatic heterocycles. The highest BCUT2D eigenvalue weighted by Gasteiger charge is 2.12. The number of aromatic amines is 1. The van der Waals surface area contributed by atoms with Gasteiger partial charge >= 0.3 is 0 Å². The molecule has 2 N–H and O–H groups in total. The van der Waals surface area contributed by atoms with Crippen LogP contribution >= 0.6 is 12.2 Å². The number of rotatable bonds is 4. The second-order valence-corrected chi connectivity index (χ2v) is 6.70. The lowest BCUT2D eigenvalue weighted by Gasteiger charge is -2.11. The zero-order valence-corrected chi connectivity index (χ0v) is 15.6. The molecule has 0 unspecified atom stereocenters. The van der Waals surface area contributed by atoms with Crippen molar-refractivity contribution in [3.05, 3.63) is 80.6 Å². The lowest BCUT2D eigenvalue weighted by Crippen LogP contribution is -2.18. The van der Waals surface area contributed by atoms with Gasteiger partial charge in [-0.2, -0.15) is 0 Å². The maximum atomic E-state index is 13.2. The van der Waals surface area contributed by atoms with E-state index in [0.29, 0.717) is 17.3 Å². The maximum Gasteiger partial charge on any atom is 0.264 e. The van der Waals surface area contributed by atoms with Gasteiger partial charge in [-0.3, -0.25) is 19.3 Å². The number of benzene rings is 2. The van der Waals surface area contributed by atoms with E-state index in [9.17, 15) is 14.3 Å². The Morgan fingerprint density at radius 1 is 1.15 bits per heavy atom. The van der Waals surface area contributed by atoms with Crippen molar-refractivity contribution in [2.75, 3.05) is 0 Å². The molecule has 0 spiro atoms. The smallest absolute Gasteiger partial charge is 0.264 e. The lowest BCUT2D eigenvalue weighted by atomic mass is 10.0. The summed E-state index contributed by atoms with van der Waals surface area (Å²) in [5, 5.41) is 10.6. The van der Waals surface area contributed by atoms with Gasteiger partial charge in [0.15, 0.2) is 4.77 Å². The van der Waals surface area contributed by atoms with Crippen LogP contribution in [0.1, 0.15) is 30.9 Å². The zero-order valence-electron chi connectivity index (χ0n) is 14.8. The second kappa shape index (κ2) is 7.67. The molecule has 3 aromatic rings. The molecule has 0 fully saturated rings. The molecule has 0 amide bonds. The molecule has 3 rings (SSSR count). The third kappa shape index (κ3) is 4.03. The predicted molar refractivity (Wildman–Crippen MR) is 107 cm³/mol. The number of aromatic hydroxyl groups is 1. The van der Waals surface area contributed by atoms with E-state index in [1.165, 1.54) is 40.6 Å². The first-order chi connectivity index (χ1) is 12.9. The Morgan fingerprint density at radius 2 is 1.78 bits per heavy atom. The molecule has 0 aliphatic carbocycles. The minimum atomic E-state index is -0.557. The van der Waals surface area contributed by atoms with E-state index in [2.05, 4.69) is 23.8 Å². The van der Waals surface area contributed by atoms with Crippen LogP contribution in [-0.2, 0) is 0 Å². The molecule has 0 atom stereocenters. The number of halogens is 1. The molecule has 1 aromatic heterocycles. The summed E-state index contributed by atoms with van der Waals surface area (Å²) in [6.07, 6.45) is 1.29. The molecular formula is C20H18FN3O2S. The zero-order chi connectivity index (χ0) is 19.6. The fourth-order valence-corrected chi connectivity index (χ4v) is 2.85. The van der Waals surface area contributed by atoms with Gasteiger partial charge in [-0.15, -0.1) is 0 Å². The van der Waals surface area contributed by atoms with Gasteiger partial charge in [0.2, 0.25) is 5.88 Å². The Balaban J connectivity index is 2.03.